The van der Waals surface area contributed by atoms with Crippen molar-refractivity contribution in [1.29, 1.82) is 5.26 Å². The zero-order valence-electron chi connectivity index (χ0n) is 20.8. The number of morpholine rings is 1. The molecule has 1 amide bonds. The fourth-order valence-corrected chi connectivity index (χ4v) is 5.21. The van der Waals surface area contributed by atoms with Gasteiger partial charge >= 0.3 is 5.97 Å². The van der Waals surface area contributed by atoms with Crippen LogP contribution in [0, 0.1) is 25.2 Å². The third kappa shape index (κ3) is 6.28. The van der Waals surface area contributed by atoms with Crippen LogP contribution in [-0.2, 0) is 25.6 Å². The molecule has 34 heavy (non-hydrogen) atoms. The highest BCUT2D eigenvalue weighted by atomic mass is 16.5. The summed E-state index contributed by atoms with van der Waals surface area (Å²) in [4.78, 5) is 27.5. The molecule has 1 aliphatic heterocycles. The summed E-state index contributed by atoms with van der Waals surface area (Å²) in [6, 6.07) is 3.88. The van der Waals surface area contributed by atoms with Gasteiger partial charge in [-0.3, -0.25) is 9.69 Å². The Labute approximate surface area is 202 Å². The van der Waals surface area contributed by atoms with E-state index in [2.05, 4.69) is 21.7 Å². The number of amides is 1. The van der Waals surface area contributed by atoms with E-state index >= 15 is 0 Å². The lowest BCUT2D eigenvalue weighted by molar-refractivity contribution is -0.144. The summed E-state index contributed by atoms with van der Waals surface area (Å²) >= 11 is 0. The monoisotopic (exact) mass is 470 g/mol. The number of nitrogens with zero attached hydrogens (tertiary/aromatic N) is 3. The molecule has 8 heteroatoms. The Balaban J connectivity index is 1.57. The lowest BCUT2D eigenvalue weighted by atomic mass is 9.79. The molecule has 1 N–H and O–H groups in total. The Morgan fingerprint density at radius 3 is 2.59 bits per heavy atom. The van der Waals surface area contributed by atoms with E-state index in [1.807, 2.05) is 26.0 Å². The van der Waals surface area contributed by atoms with Crippen LogP contribution < -0.4 is 5.32 Å². The van der Waals surface area contributed by atoms with Crippen LogP contribution in [0.3, 0.4) is 0 Å². The molecule has 2 fully saturated rings. The zero-order chi connectivity index (χ0) is 24.6. The van der Waals surface area contributed by atoms with Crippen LogP contribution in [-0.4, -0.2) is 66.3 Å². The van der Waals surface area contributed by atoms with Gasteiger partial charge in [-0.05, 0) is 50.8 Å². The average Bonchev–Trinajstić information content (AvgIpc) is 3.13. The van der Waals surface area contributed by atoms with Gasteiger partial charge in [-0.1, -0.05) is 26.2 Å². The molecule has 0 bridgehead atoms. The summed E-state index contributed by atoms with van der Waals surface area (Å²) in [5.41, 5.74) is 2.72. The second-order valence-electron chi connectivity index (χ2n) is 9.39. The quantitative estimate of drug-likeness (QED) is 0.338. The molecule has 1 aliphatic carbocycles. The minimum absolute atomic E-state index is 0.0551. The zero-order valence-corrected chi connectivity index (χ0v) is 20.8. The molecule has 2 heterocycles. The molecule has 1 aromatic rings. The highest BCUT2D eigenvalue weighted by Crippen LogP contribution is 2.33. The van der Waals surface area contributed by atoms with Crippen molar-refractivity contribution < 1.29 is 19.1 Å². The predicted octanol–water partition coefficient (Wildman–Crippen LogP) is 3.12. The van der Waals surface area contributed by atoms with E-state index in [-0.39, 0.29) is 17.0 Å². The van der Waals surface area contributed by atoms with Crippen LogP contribution in [0.5, 0.6) is 0 Å². The van der Waals surface area contributed by atoms with Crippen molar-refractivity contribution in [3.05, 3.63) is 28.6 Å². The first-order valence-corrected chi connectivity index (χ1v) is 12.5. The maximum Gasteiger partial charge on any atom is 0.349 e. The number of aromatic nitrogens is 1. The molecule has 3 rings (SSSR count). The lowest BCUT2D eigenvalue weighted by Gasteiger charge is -2.48. The van der Waals surface area contributed by atoms with Crippen LogP contribution in [0.1, 0.15) is 62.4 Å². The first-order chi connectivity index (χ1) is 16.4. The highest BCUT2D eigenvalue weighted by molar-refractivity contribution is 5.99. The average molecular weight is 471 g/mol. The van der Waals surface area contributed by atoms with Gasteiger partial charge in [0.1, 0.15) is 11.6 Å². The molecule has 2 aliphatic rings. The van der Waals surface area contributed by atoms with Crippen molar-refractivity contribution in [2.24, 2.45) is 0 Å². The first-order valence-electron chi connectivity index (χ1n) is 12.5. The maximum absolute atomic E-state index is 12.5. The van der Waals surface area contributed by atoms with Crippen molar-refractivity contribution >= 4 is 18.0 Å². The Morgan fingerprint density at radius 2 is 1.94 bits per heavy atom. The van der Waals surface area contributed by atoms with Crippen molar-refractivity contribution in [1.82, 2.24) is 14.8 Å². The molecular formula is C26H38N4O4. The molecule has 0 aromatic carbocycles. The normalized spacial score (nSPS) is 18.8. The largest absolute Gasteiger partial charge is 0.451 e. The number of ether oxygens (including phenoxy) is 2. The summed E-state index contributed by atoms with van der Waals surface area (Å²) in [7, 11) is 0. The van der Waals surface area contributed by atoms with Gasteiger partial charge < -0.3 is 19.4 Å². The van der Waals surface area contributed by atoms with Crippen molar-refractivity contribution in [3.8, 4) is 6.07 Å². The number of hydrogen-bond acceptors (Lipinski definition) is 6. The van der Waals surface area contributed by atoms with Gasteiger partial charge in [-0.15, -0.1) is 0 Å². The molecule has 0 spiro atoms. The van der Waals surface area contributed by atoms with Gasteiger partial charge in [-0.2, -0.15) is 5.26 Å². The van der Waals surface area contributed by atoms with Gasteiger partial charge in [-0.25, -0.2) is 4.79 Å². The molecular weight excluding hydrogens is 432 g/mol. The topological polar surface area (TPSA) is 96.6 Å². The minimum atomic E-state index is -0.779. The Bertz CT molecular complexity index is 931. The van der Waals surface area contributed by atoms with Crippen LogP contribution in [0.15, 0.2) is 11.6 Å². The van der Waals surface area contributed by atoms with Gasteiger partial charge in [0.15, 0.2) is 6.61 Å². The van der Waals surface area contributed by atoms with Crippen LogP contribution in [0.4, 0.5) is 0 Å². The summed E-state index contributed by atoms with van der Waals surface area (Å²) < 4.78 is 12.9. The third-order valence-corrected chi connectivity index (χ3v) is 7.12. The summed E-state index contributed by atoms with van der Waals surface area (Å²) in [6.45, 7) is 10.3. The van der Waals surface area contributed by atoms with Gasteiger partial charge in [0.2, 0.25) is 0 Å². The van der Waals surface area contributed by atoms with E-state index in [0.29, 0.717) is 6.54 Å². The van der Waals surface area contributed by atoms with E-state index < -0.39 is 12.6 Å². The number of carbonyl (C=O) groups is 2. The fourth-order valence-electron chi connectivity index (χ4n) is 5.21. The smallest absolute Gasteiger partial charge is 0.349 e. The molecule has 1 saturated carbocycles. The first kappa shape index (κ1) is 26.0. The number of nitrogens with one attached hydrogen (secondary N) is 1. The van der Waals surface area contributed by atoms with Crippen LogP contribution in [0.2, 0.25) is 0 Å². The number of carbonyl (C=O) groups excluding carboxylic acids is 2. The van der Waals surface area contributed by atoms with E-state index in [1.54, 1.807) is 6.08 Å². The molecule has 8 nitrogen and oxygen atoms in total. The van der Waals surface area contributed by atoms with Gasteiger partial charge in [0.05, 0.1) is 13.2 Å². The molecule has 186 valence electrons. The predicted molar refractivity (Wildman–Crippen MR) is 130 cm³/mol. The van der Waals surface area contributed by atoms with Crippen molar-refractivity contribution in [3.63, 3.8) is 0 Å². The maximum atomic E-state index is 12.5. The second kappa shape index (κ2) is 12.2. The van der Waals surface area contributed by atoms with Crippen molar-refractivity contribution in [2.75, 3.05) is 39.5 Å². The lowest BCUT2D eigenvalue weighted by Crippen LogP contribution is -2.59. The summed E-state index contributed by atoms with van der Waals surface area (Å²) in [5, 5.41) is 12.5. The Kier molecular flexibility index (Phi) is 9.31. The second-order valence-corrected chi connectivity index (χ2v) is 9.39. The number of nitriles is 1. The van der Waals surface area contributed by atoms with Gasteiger partial charge in [0, 0.05) is 43.1 Å². The number of rotatable bonds is 9. The molecule has 0 radical (unpaired) electrons. The van der Waals surface area contributed by atoms with Crippen LogP contribution in [0.25, 0.3) is 6.08 Å². The molecule has 1 saturated heterocycles. The van der Waals surface area contributed by atoms with Gasteiger partial charge in [0.25, 0.3) is 5.91 Å². The van der Waals surface area contributed by atoms with E-state index in [9.17, 15) is 14.9 Å². The number of esters is 1. The fraction of sp³-hybridized carbons (Fsp3) is 0.654. The van der Waals surface area contributed by atoms with Crippen molar-refractivity contribution in [2.45, 2.75) is 71.4 Å². The Morgan fingerprint density at radius 1 is 1.24 bits per heavy atom. The summed E-state index contributed by atoms with van der Waals surface area (Å²) in [6.07, 6.45) is 8.16. The SMILES string of the molecule is CCCn1c(C)cc(/C=C(\C#N)C(=O)OCC(=O)NCC2(N3CCOCC3)CCCCC2)c1C. The molecule has 0 atom stereocenters. The summed E-state index contributed by atoms with van der Waals surface area (Å²) in [5.74, 6) is -1.12. The van der Waals surface area contributed by atoms with E-state index in [4.69, 9.17) is 9.47 Å². The van der Waals surface area contributed by atoms with E-state index in [1.165, 1.54) is 6.42 Å². The minimum Gasteiger partial charge on any atom is -0.451 e. The number of hydrogen-bond donors (Lipinski definition) is 1. The number of aryl methyl sites for hydroxylation is 1. The Hall–Kier alpha value is -2.63. The molecule has 0 unspecified atom stereocenters. The molecule has 1 aromatic heterocycles. The van der Waals surface area contributed by atoms with Crippen LogP contribution >= 0.6 is 0 Å². The third-order valence-electron chi connectivity index (χ3n) is 7.12. The standard InChI is InChI=1S/C26H38N4O4/c1-4-10-30-20(2)15-22(21(30)3)16-23(17-27)25(32)34-18-24(31)28-19-26(8-6-5-7-9-26)29-11-13-33-14-12-29/h15-16H,4-14,18-19H2,1-3H3,(H,28,31)/b23-16+. The highest BCUT2D eigenvalue weighted by Gasteiger charge is 2.38. The van der Waals surface area contributed by atoms with E-state index in [0.717, 1.165) is 81.9 Å².